The SMILES string of the molecule is CN1CC(=O)Nc2ncc(C=CC(=O)N(C)Cc3cccc(-c4ccccc4)c3)cc2C1. The molecule has 0 aliphatic carbocycles. The van der Waals surface area contributed by atoms with Gasteiger partial charge in [-0.3, -0.25) is 14.5 Å². The van der Waals surface area contributed by atoms with Crippen molar-refractivity contribution in [1.29, 1.82) is 0 Å². The summed E-state index contributed by atoms with van der Waals surface area (Å²) in [6, 6.07) is 20.4. The normalized spacial score (nSPS) is 14.0. The molecule has 1 aliphatic heterocycles. The van der Waals surface area contributed by atoms with E-state index in [1.54, 1.807) is 30.3 Å². The highest BCUT2D eigenvalue weighted by Crippen LogP contribution is 2.21. The lowest BCUT2D eigenvalue weighted by atomic mass is 10.0. The molecule has 4 rings (SSSR count). The molecule has 2 heterocycles. The average molecular weight is 427 g/mol. The lowest BCUT2D eigenvalue weighted by molar-refractivity contribution is -0.125. The van der Waals surface area contributed by atoms with Crippen LogP contribution in [0.4, 0.5) is 5.82 Å². The predicted octanol–water partition coefficient (Wildman–Crippen LogP) is 3.80. The van der Waals surface area contributed by atoms with Gasteiger partial charge in [0.1, 0.15) is 5.82 Å². The molecule has 0 fully saturated rings. The summed E-state index contributed by atoms with van der Waals surface area (Å²) in [6.07, 6.45) is 4.99. The molecule has 0 atom stereocenters. The molecule has 162 valence electrons. The van der Waals surface area contributed by atoms with Crippen molar-refractivity contribution in [3.63, 3.8) is 0 Å². The summed E-state index contributed by atoms with van der Waals surface area (Å²) in [7, 11) is 3.68. The zero-order chi connectivity index (χ0) is 22.5. The third-order valence-electron chi connectivity index (χ3n) is 5.35. The molecule has 3 aromatic rings. The molecule has 2 amide bonds. The zero-order valence-corrected chi connectivity index (χ0v) is 18.3. The lowest BCUT2D eigenvalue weighted by Gasteiger charge is -2.16. The first-order valence-electron chi connectivity index (χ1n) is 10.5. The Morgan fingerprint density at radius 1 is 1.09 bits per heavy atom. The Morgan fingerprint density at radius 3 is 2.69 bits per heavy atom. The van der Waals surface area contributed by atoms with Crippen LogP contribution in [0.3, 0.4) is 0 Å². The van der Waals surface area contributed by atoms with Crippen LogP contribution in [-0.2, 0) is 22.7 Å². The molecule has 0 saturated heterocycles. The van der Waals surface area contributed by atoms with Crippen molar-refractivity contribution >= 4 is 23.7 Å². The molecule has 0 spiro atoms. The van der Waals surface area contributed by atoms with E-state index in [0.29, 0.717) is 25.5 Å². The van der Waals surface area contributed by atoms with E-state index in [-0.39, 0.29) is 11.8 Å². The topological polar surface area (TPSA) is 65.5 Å². The molecule has 1 N–H and O–H groups in total. The van der Waals surface area contributed by atoms with E-state index in [2.05, 4.69) is 34.6 Å². The van der Waals surface area contributed by atoms with Gasteiger partial charge in [-0.15, -0.1) is 0 Å². The summed E-state index contributed by atoms with van der Waals surface area (Å²) < 4.78 is 0. The monoisotopic (exact) mass is 426 g/mol. The number of fused-ring (bicyclic) bond motifs is 1. The Bertz CT molecular complexity index is 1160. The maximum absolute atomic E-state index is 12.7. The van der Waals surface area contributed by atoms with Crippen molar-refractivity contribution in [2.24, 2.45) is 0 Å². The molecular formula is C26H26N4O2. The van der Waals surface area contributed by atoms with Crippen LogP contribution in [0.25, 0.3) is 17.2 Å². The predicted molar refractivity (Wildman–Crippen MR) is 127 cm³/mol. The van der Waals surface area contributed by atoms with Gasteiger partial charge in [-0.2, -0.15) is 0 Å². The highest BCUT2D eigenvalue weighted by Gasteiger charge is 2.17. The quantitative estimate of drug-likeness (QED) is 0.630. The third kappa shape index (κ3) is 5.28. The Balaban J connectivity index is 1.43. The molecule has 2 aromatic carbocycles. The van der Waals surface area contributed by atoms with E-state index in [9.17, 15) is 9.59 Å². The van der Waals surface area contributed by atoms with Crippen molar-refractivity contribution in [3.05, 3.63) is 89.6 Å². The third-order valence-corrected chi connectivity index (χ3v) is 5.35. The van der Waals surface area contributed by atoms with Crippen molar-refractivity contribution in [2.75, 3.05) is 26.0 Å². The second-order valence-corrected chi connectivity index (χ2v) is 8.09. The van der Waals surface area contributed by atoms with Gasteiger partial charge in [0.2, 0.25) is 11.8 Å². The Labute approximate surface area is 188 Å². The fraction of sp³-hybridized carbons (Fsp3) is 0.192. The summed E-state index contributed by atoms with van der Waals surface area (Å²) in [5.74, 6) is 0.420. The van der Waals surface area contributed by atoms with Crippen molar-refractivity contribution in [2.45, 2.75) is 13.1 Å². The van der Waals surface area contributed by atoms with Crippen LogP contribution in [0.2, 0.25) is 0 Å². The lowest BCUT2D eigenvalue weighted by Crippen LogP contribution is -2.26. The van der Waals surface area contributed by atoms with Gasteiger partial charge in [0.15, 0.2) is 0 Å². The molecule has 0 unspecified atom stereocenters. The molecule has 6 heteroatoms. The molecule has 6 nitrogen and oxygen atoms in total. The van der Waals surface area contributed by atoms with E-state index in [0.717, 1.165) is 27.8 Å². The first-order valence-corrected chi connectivity index (χ1v) is 10.5. The highest BCUT2D eigenvalue weighted by molar-refractivity contribution is 5.93. The number of anilines is 1. The number of likely N-dealkylation sites (N-methyl/N-ethyl adjacent to an activating group) is 2. The number of carbonyl (C=O) groups excluding carboxylic acids is 2. The maximum atomic E-state index is 12.7. The molecule has 0 bridgehead atoms. The van der Waals surface area contributed by atoms with E-state index in [1.165, 1.54) is 0 Å². The zero-order valence-electron chi connectivity index (χ0n) is 18.3. The maximum Gasteiger partial charge on any atom is 0.246 e. The van der Waals surface area contributed by atoms with Crippen molar-refractivity contribution in [1.82, 2.24) is 14.8 Å². The summed E-state index contributed by atoms with van der Waals surface area (Å²) in [6.45, 7) is 1.47. The summed E-state index contributed by atoms with van der Waals surface area (Å²) in [5, 5.41) is 2.82. The van der Waals surface area contributed by atoms with E-state index < -0.39 is 0 Å². The van der Waals surface area contributed by atoms with Crippen LogP contribution in [-0.4, -0.2) is 47.2 Å². The summed E-state index contributed by atoms with van der Waals surface area (Å²) in [4.78, 5) is 32.5. The molecule has 0 radical (unpaired) electrons. The van der Waals surface area contributed by atoms with E-state index in [4.69, 9.17) is 0 Å². The minimum absolute atomic E-state index is 0.0739. The van der Waals surface area contributed by atoms with Crippen LogP contribution in [0.5, 0.6) is 0 Å². The van der Waals surface area contributed by atoms with E-state index >= 15 is 0 Å². The number of aromatic nitrogens is 1. The number of pyridine rings is 1. The van der Waals surface area contributed by atoms with Gasteiger partial charge in [0.25, 0.3) is 0 Å². The van der Waals surface area contributed by atoms with Crippen molar-refractivity contribution in [3.8, 4) is 11.1 Å². The largest absolute Gasteiger partial charge is 0.338 e. The van der Waals surface area contributed by atoms with E-state index in [1.807, 2.05) is 48.3 Å². The number of hydrogen-bond donors (Lipinski definition) is 1. The number of amides is 2. The number of nitrogens with one attached hydrogen (secondary N) is 1. The molecule has 1 aromatic heterocycles. The minimum Gasteiger partial charge on any atom is -0.338 e. The number of benzene rings is 2. The number of hydrogen-bond acceptors (Lipinski definition) is 4. The Kier molecular flexibility index (Phi) is 6.42. The number of nitrogens with zero attached hydrogens (tertiary/aromatic N) is 3. The fourth-order valence-electron chi connectivity index (χ4n) is 3.74. The minimum atomic E-state index is -0.0875. The standard InChI is InChI=1S/C26H26N4O2/c1-29-17-23-13-19(15-27-26(23)28-24(31)18-29)11-12-25(32)30(2)16-20-7-6-10-22(14-20)21-8-4-3-5-9-21/h3-15H,16-18H2,1-2H3,(H,27,28,31). The van der Waals surface area contributed by atoms with Crippen molar-refractivity contribution < 1.29 is 9.59 Å². The molecule has 1 aliphatic rings. The Morgan fingerprint density at radius 2 is 1.88 bits per heavy atom. The second-order valence-electron chi connectivity index (χ2n) is 8.09. The van der Waals surface area contributed by atoms with Crippen LogP contribution >= 0.6 is 0 Å². The number of carbonyl (C=O) groups is 2. The van der Waals surface area contributed by atoms with Crippen LogP contribution in [0.15, 0.2) is 72.9 Å². The van der Waals surface area contributed by atoms with Crippen LogP contribution in [0.1, 0.15) is 16.7 Å². The molecular weight excluding hydrogens is 400 g/mol. The first-order chi connectivity index (χ1) is 15.5. The van der Waals surface area contributed by atoms with Crippen LogP contribution < -0.4 is 5.32 Å². The average Bonchev–Trinajstić information content (AvgIpc) is 2.93. The van der Waals surface area contributed by atoms with Gasteiger partial charge < -0.3 is 10.2 Å². The van der Waals surface area contributed by atoms with Gasteiger partial charge in [0.05, 0.1) is 6.54 Å². The highest BCUT2D eigenvalue weighted by atomic mass is 16.2. The van der Waals surface area contributed by atoms with Gasteiger partial charge in [-0.05, 0) is 47.5 Å². The van der Waals surface area contributed by atoms with Gasteiger partial charge >= 0.3 is 0 Å². The second kappa shape index (κ2) is 9.58. The van der Waals surface area contributed by atoms with Gasteiger partial charge in [0, 0.05) is 38.0 Å². The fourth-order valence-corrected chi connectivity index (χ4v) is 3.74. The van der Waals surface area contributed by atoms with Gasteiger partial charge in [-0.1, -0.05) is 48.5 Å². The summed E-state index contributed by atoms with van der Waals surface area (Å²) in [5.41, 5.74) is 5.11. The van der Waals surface area contributed by atoms with Crippen LogP contribution in [0, 0.1) is 0 Å². The summed E-state index contributed by atoms with van der Waals surface area (Å²) >= 11 is 0. The first kappa shape index (κ1) is 21.5. The Hall–Kier alpha value is -3.77. The van der Waals surface area contributed by atoms with Gasteiger partial charge in [-0.25, -0.2) is 4.98 Å². The number of rotatable bonds is 5. The molecule has 0 saturated carbocycles. The molecule has 32 heavy (non-hydrogen) atoms. The smallest absolute Gasteiger partial charge is 0.246 e.